The fraction of sp³-hybridized carbons (Fsp3) is 0.208. The lowest BCUT2D eigenvalue weighted by molar-refractivity contribution is -0.116. The van der Waals surface area contributed by atoms with E-state index in [1.165, 1.54) is 6.92 Å². The van der Waals surface area contributed by atoms with Crippen molar-refractivity contribution < 1.29 is 14.3 Å². The Hall–Kier alpha value is -3.66. The maximum Gasteiger partial charge on any atom is 0.301 e. The lowest BCUT2D eigenvalue weighted by Crippen LogP contribution is -2.36. The average Bonchev–Trinajstić information content (AvgIpc) is 3.25. The van der Waals surface area contributed by atoms with Crippen LogP contribution in [-0.2, 0) is 9.53 Å². The molecule has 0 radical (unpaired) electrons. The van der Waals surface area contributed by atoms with Crippen molar-refractivity contribution in [3.05, 3.63) is 59.6 Å². The minimum atomic E-state index is -0.263. The molecule has 1 fully saturated rings. The number of nitrogens with zero attached hydrogens (tertiary/aromatic N) is 4. The van der Waals surface area contributed by atoms with Gasteiger partial charge < -0.3 is 19.4 Å². The minimum Gasteiger partial charge on any atom is -0.426 e. The highest BCUT2D eigenvalue weighted by atomic mass is 35.5. The molecule has 5 rings (SSSR count). The number of rotatable bonds is 5. The summed E-state index contributed by atoms with van der Waals surface area (Å²) in [6.07, 6.45) is 0. The van der Waals surface area contributed by atoms with E-state index >= 15 is 0 Å². The van der Waals surface area contributed by atoms with Crippen molar-refractivity contribution in [3.63, 3.8) is 0 Å². The summed E-state index contributed by atoms with van der Waals surface area (Å²) < 4.78 is 11.2. The minimum absolute atomic E-state index is 0.263. The number of anilines is 2. The van der Waals surface area contributed by atoms with Crippen molar-refractivity contribution in [2.45, 2.75) is 6.92 Å². The molecule has 0 atom stereocenters. The lowest BCUT2D eigenvalue weighted by Gasteiger charge is -2.28. The number of morpholine rings is 1. The topological polar surface area (TPSA) is 110 Å². The van der Waals surface area contributed by atoms with Crippen molar-refractivity contribution >= 4 is 40.0 Å². The van der Waals surface area contributed by atoms with Crippen molar-refractivity contribution in [3.8, 4) is 23.0 Å². The number of amides is 1. The number of pyridine rings is 1. The second-order valence-corrected chi connectivity index (χ2v) is 8.27. The second kappa shape index (κ2) is 9.30. The lowest BCUT2D eigenvalue weighted by atomic mass is 10.1. The Labute approximate surface area is 201 Å². The highest BCUT2D eigenvalue weighted by Crippen LogP contribution is 2.32. The number of benzene rings is 2. The highest BCUT2D eigenvalue weighted by molar-refractivity contribution is 6.33. The summed E-state index contributed by atoms with van der Waals surface area (Å²) in [6.45, 7) is 4.63. The fourth-order valence-corrected chi connectivity index (χ4v) is 4.03. The molecule has 3 N–H and O–H groups in total. The number of H-pyrrole nitrogens is 1. The summed E-state index contributed by atoms with van der Waals surface area (Å²) >= 11 is 6.55. The van der Waals surface area contributed by atoms with E-state index in [2.05, 4.69) is 32.0 Å². The summed E-state index contributed by atoms with van der Waals surface area (Å²) in [5.74, 6) is 5.98. The number of nitrogens with one attached hydrogen (secondary N) is 1. The number of ether oxygens (including phenoxy) is 2. The number of imidazole rings is 1. The molecule has 174 valence electrons. The van der Waals surface area contributed by atoms with Crippen LogP contribution in [0.2, 0.25) is 5.02 Å². The molecule has 4 aromatic rings. The van der Waals surface area contributed by atoms with E-state index in [1.807, 2.05) is 12.1 Å². The largest absolute Gasteiger partial charge is 0.426 e. The van der Waals surface area contributed by atoms with Gasteiger partial charge >= 0.3 is 6.01 Å². The van der Waals surface area contributed by atoms with Crippen LogP contribution in [0.5, 0.6) is 11.8 Å². The molecule has 9 nitrogen and oxygen atoms in total. The SMILES string of the molecule is CC(=O)N(N)c1ccc(Oc2nc3nc(-c4ccc(N5CCOCC5)cc4)c(Cl)cc3[nH]2)cc1. The van der Waals surface area contributed by atoms with Crippen LogP contribution in [0.4, 0.5) is 11.4 Å². The summed E-state index contributed by atoms with van der Waals surface area (Å²) in [7, 11) is 0. The standard InChI is InChI=1S/C24H23ClN6O3/c1-15(32)31(26)18-6-8-19(9-7-18)34-24-27-21-14-20(25)22(28-23(21)29-24)16-2-4-17(5-3-16)30-10-12-33-13-11-30/h2-9,14H,10-13,26H2,1H3,(H,27,28,29). The van der Waals surface area contributed by atoms with E-state index in [0.717, 1.165) is 42.6 Å². The van der Waals surface area contributed by atoms with Crippen LogP contribution in [-0.4, -0.2) is 47.2 Å². The highest BCUT2D eigenvalue weighted by Gasteiger charge is 2.15. The van der Waals surface area contributed by atoms with Gasteiger partial charge in [-0.25, -0.2) is 15.8 Å². The van der Waals surface area contributed by atoms with Gasteiger partial charge in [-0.15, -0.1) is 0 Å². The number of halogens is 1. The monoisotopic (exact) mass is 478 g/mol. The third-order valence-corrected chi connectivity index (χ3v) is 5.88. The van der Waals surface area contributed by atoms with E-state index in [0.29, 0.717) is 33.3 Å². The van der Waals surface area contributed by atoms with E-state index < -0.39 is 0 Å². The molecule has 0 saturated carbocycles. The van der Waals surface area contributed by atoms with Gasteiger partial charge in [0.25, 0.3) is 0 Å². The van der Waals surface area contributed by atoms with E-state index in [9.17, 15) is 4.79 Å². The van der Waals surface area contributed by atoms with E-state index in [-0.39, 0.29) is 11.9 Å². The second-order valence-electron chi connectivity index (χ2n) is 7.86. The van der Waals surface area contributed by atoms with E-state index in [4.69, 9.17) is 26.9 Å². The number of nitrogens with two attached hydrogens (primary N) is 1. The maximum atomic E-state index is 11.4. The van der Waals surface area contributed by atoms with Gasteiger partial charge in [-0.1, -0.05) is 23.7 Å². The molecule has 0 bridgehead atoms. The van der Waals surface area contributed by atoms with Gasteiger partial charge in [0.15, 0.2) is 5.65 Å². The van der Waals surface area contributed by atoms with Crippen molar-refractivity contribution in [1.82, 2.24) is 15.0 Å². The zero-order valence-corrected chi connectivity index (χ0v) is 19.2. The number of carbonyl (C=O) groups is 1. The van der Waals surface area contributed by atoms with Gasteiger partial charge in [0.1, 0.15) is 5.75 Å². The Morgan fingerprint density at radius 3 is 2.50 bits per heavy atom. The van der Waals surface area contributed by atoms with Gasteiger partial charge in [-0.2, -0.15) is 4.98 Å². The van der Waals surface area contributed by atoms with Gasteiger partial charge in [-0.3, -0.25) is 4.79 Å². The predicted molar refractivity (Wildman–Crippen MR) is 131 cm³/mol. The first-order chi connectivity index (χ1) is 16.5. The Morgan fingerprint density at radius 2 is 1.82 bits per heavy atom. The third kappa shape index (κ3) is 4.54. The maximum absolute atomic E-state index is 11.4. The van der Waals surface area contributed by atoms with Crippen molar-refractivity contribution in [2.75, 3.05) is 36.2 Å². The molecule has 0 spiro atoms. The molecule has 1 aliphatic rings. The van der Waals surface area contributed by atoms with Crippen molar-refractivity contribution in [1.29, 1.82) is 0 Å². The zero-order chi connectivity index (χ0) is 23.7. The van der Waals surface area contributed by atoms with Gasteiger partial charge in [0.2, 0.25) is 5.91 Å². The Morgan fingerprint density at radius 1 is 1.12 bits per heavy atom. The molecule has 1 amide bonds. The molecular weight excluding hydrogens is 456 g/mol. The van der Waals surface area contributed by atoms with Gasteiger partial charge in [-0.05, 0) is 42.5 Å². The van der Waals surface area contributed by atoms with Crippen LogP contribution < -0.4 is 20.5 Å². The summed E-state index contributed by atoms with van der Waals surface area (Å²) in [5, 5.41) is 1.57. The zero-order valence-electron chi connectivity index (χ0n) is 18.5. The van der Waals surface area contributed by atoms with Crippen LogP contribution in [0, 0.1) is 0 Å². The number of hydrazine groups is 1. The first-order valence-corrected chi connectivity index (χ1v) is 11.2. The number of aromatic amines is 1. The van der Waals surface area contributed by atoms with Gasteiger partial charge in [0, 0.05) is 31.3 Å². The average molecular weight is 479 g/mol. The molecule has 3 heterocycles. The Bertz CT molecular complexity index is 1320. The van der Waals surface area contributed by atoms with Crippen LogP contribution >= 0.6 is 11.6 Å². The normalized spacial score (nSPS) is 13.8. The number of hydrogen-bond acceptors (Lipinski definition) is 7. The predicted octanol–water partition coefficient (Wildman–Crippen LogP) is 4.13. The van der Waals surface area contributed by atoms with Crippen LogP contribution in [0.1, 0.15) is 6.92 Å². The smallest absolute Gasteiger partial charge is 0.301 e. The van der Waals surface area contributed by atoms with E-state index in [1.54, 1.807) is 30.3 Å². The van der Waals surface area contributed by atoms with Crippen molar-refractivity contribution in [2.24, 2.45) is 5.84 Å². The van der Waals surface area contributed by atoms with Crippen LogP contribution in [0.25, 0.3) is 22.4 Å². The molecule has 0 aliphatic carbocycles. The molecule has 34 heavy (non-hydrogen) atoms. The number of fused-ring (bicyclic) bond motifs is 1. The summed E-state index contributed by atoms with van der Waals surface area (Å²) in [5.41, 5.74) is 4.41. The Kier molecular flexibility index (Phi) is 6.06. The molecule has 1 aliphatic heterocycles. The molecule has 10 heteroatoms. The molecule has 2 aromatic heterocycles. The quantitative estimate of drug-likeness (QED) is 0.252. The fourth-order valence-electron chi connectivity index (χ4n) is 3.77. The third-order valence-electron chi connectivity index (χ3n) is 5.59. The molecule has 1 saturated heterocycles. The summed E-state index contributed by atoms with van der Waals surface area (Å²) in [6, 6.07) is 17.0. The van der Waals surface area contributed by atoms with Crippen LogP contribution in [0.3, 0.4) is 0 Å². The van der Waals surface area contributed by atoms with Crippen LogP contribution in [0.15, 0.2) is 54.6 Å². The molecular formula is C24H23ClN6O3. The summed E-state index contributed by atoms with van der Waals surface area (Å²) in [4.78, 5) is 25.9. The molecule has 2 aromatic carbocycles. The first kappa shape index (κ1) is 22.1. The number of hydrogen-bond donors (Lipinski definition) is 2. The molecule has 0 unspecified atom stereocenters. The van der Waals surface area contributed by atoms with Gasteiger partial charge in [0.05, 0.1) is 35.1 Å². The number of aromatic nitrogens is 3. The number of carbonyl (C=O) groups excluding carboxylic acids is 1. The first-order valence-electron chi connectivity index (χ1n) is 10.8. The Balaban J connectivity index is 1.36.